The summed E-state index contributed by atoms with van der Waals surface area (Å²) in [4.78, 5) is 0. The maximum absolute atomic E-state index is 12.0. The van der Waals surface area contributed by atoms with Crippen molar-refractivity contribution < 1.29 is 22.6 Å². The Bertz CT molecular complexity index is 439. The summed E-state index contributed by atoms with van der Waals surface area (Å²) in [7, 11) is 0. The molecule has 0 aromatic heterocycles. The quantitative estimate of drug-likeness (QED) is 0.900. The molecule has 1 saturated carbocycles. The van der Waals surface area contributed by atoms with E-state index < -0.39 is 6.36 Å². The average Bonchev–Trinajstić information content (AvgIpc) is 2.40. The number of hydrogen-bond acceptors (Lipinski definition) is 3. The van der Waals surface area contributed by atoms with E-state index >= 15 is 0 Å². The molecule has 0 heterocycles. The van der Waals surface area contributed by atoms with E-state index in [-0.39, 0.29) is 11.3 Å². The van der Waals surface area contributed by atoms with Crippen molar-refractivity contribution in [1.82, 2.24) is 0 Å². The third-order valence-corrected chi connectivity index (χ3v) is 3.66. The minimum Gasteiger partial charge on any atom is -0.406 e. The van der Waals surface area contributed by atoms with Gasteiger partial charge in [0.2, 0.25) is 0 Å². The normalized spacial score (nSPS) is 18.5. The summed E-state index contributed by atoms with van der Waals surface area (Å²) in [5.74, 6) is -0.228. The molecule has 0 saturated heterocycles. The fourth-order valence-corrected chi connectivity index (χ4v) is 2.56. The van der Waals surface area contributed by atoms with Crippen LogP contribution in [0.15, 0.2) is 24.3 Å². The highest BCUT2D eigenvalue weighted by Gasteiger charge is 2.31. The Labute approximate surface area is 122 Å². The molecule has 1 aromatic carbocycles. The van der Waals surface area contributed by atoms with E-state index in [1.54, 1.807) is 12.1 Å². The summed E-state index contributed by atoms with van der Waals surface area (Å²) < 4.78 is 45.5. The van der Waals surface area contributed by atoms with Gasteiger partial charge in [-0.25, -0.2) is 0 Å². The Morgan fingerprint density at radius 3 is 2.24 bits per heavy atom. The van der Waals surface area contributed by atoms with Gasteiger partial charge in [-0.1, -0.05) is 31.4 Å². The minimum atomic E-state index is -4.66. The molecule has 0 radical (unpaired) electrons. The molecule has 0 atom stereocenters. The number of nitrogens with two attached hydrogens (primary N) is 1. The van der Waals surface area contributed by atoms with Crippen LogP contribution in [-0.2, 0) is 11.3 Å². The van der Waals surface area contributed by atoms with Gasteiger partial charge >= 0.3 is 6.36 Å². The molecule has 0 aliphatic heterocycles. The van der Waals surface area contributed by atoms with Gasteiger partial charge in [0.15, 0.2) is 0 Å². The standard InChI is InChI=1S/C15H20F3NO2/c16-15(17,18)21-13-6-4-12(5-7-13)10-20-11-14(19)8-2-1-3-9-14/h4-7H,1-3,8-11,19H2. The van der Waals surface area contributed by atoms with Gasteiger partial charge in [-0.15, -0.1) is 13.2 Å². The number of ether oxygens (including phenoxy) is 2. The van der Waals surface area contributed by atoms with Gasteiger partial charge in [0.1, 0.15) is 5.75 Å². The van der Waals surface area contributed by atoms with Crippen molar-refractivity contribution in [2.75, 3.05) is 6.61 Å². The van der Waals surface area contributed by atoms with Crippen LogP contribution in [-0.4, -0.2) is 18.5 Å². The molecule has 3 nitrogen and oxygen atoms in total. The molecule has 0 bridgehead atoms. The van der Waals surface area contributed by atoms with Gasteiger partial charge < -0.3 is 15.2 Å². The number of alkyl halides is 3. The first-order valence-electron chi connectivity index (χ1n) is 7.08. The van der Waals surface area contributed by atoms with Crippen LogP contribution in [0, 0.1) is 0 Å². The number of halogens is 3. The first kappa shape index (κ1) is 16.1. The van der Waals surface area contributed by atoms with Gasteiger partial charge in [0.05, 0.1) is 13.2 Å². The predicted molar refractivity (Wildman–Crippen MR) is 72.8 cm³/mol. The van der Waals surface area contributed by atoms with E-state index in [2.05, 4.69) is 4.74 Å². The topological polar surface area (TPSA) is 44.5 Å². The maximum Gasteiger partial charge on any atom is 0.573 e. The monoisotopic (exact) mass is 303 g/mol. The molecule has 6 heteroatoms. The van der Waals surface area contributed by atoms with Crippen molar-refractivity contribution in [3.8, 4) is 5.75 Å². The summed E-state index contributed by atoms with van der Waals surface area (Å²) in [6.07, 6.45) is 0.744. The fourth-order valence-electron chi connectivity index (χ4n) is 2.56. The second kappa shape index (κ2) is 6.66. The molecule has 2 rings (SSSR count). The molecule has 1 fully saturated rings. The predicted octanol–water partition coefficient (Wildman–Crippen LogP) is 3.76. The SMILES string of the molecule is NC1(COCc2ccc(OC(F)(F)F)cc2)CCCCC1. The van der Waals surface area contributed by atoms with Crippen LogP contribution in [0.2, 0.25) is 0 Å². The van der Waals surface area contributed by atoms with Crippen LogP contribution in [0.1, 0.15) is 37.7 Å². The molecule has 0 spiro atoms. The summed E-state index contributed by atoms with van der Waals surface area (Å²) in [6, 6.07) is 5.69. The van der Waals surface area contributed by atoms with Crippen LogP contribution < -0.4 is 10.5 Å². The van der Waals surface area contributed by atoms with Crippen molar-refractivity contribution in [1.29, 1.82) is 0 Å². The molecule has 118 valence electrons. The highest BCUT2D eigenvalue weighted by atomic mass is 19.4. The molecule has 2 N–H and O–H groups in total. The van der Waals surface area contributed by atoms with Crippen molar-refractivity contribution >= 4 is 0 Å². The Kier molecular flexibility index (Phi) is 5.11. The third kappa shape index (κ3) is 5.55. The summed E-state index contributed by atoms with van der Waals surface area (Å²) >= 11 is 0. The number of benzene rings is 1. The Balaban J connectivity index is 1.78. The molecule has 0 amide bonds. The Morgan fingerprint density at radius 1 is 1.05 bits per heavy atom. The second-order valence-corrected chi connectivity index (χ2v) is 5.61. The zero-order chi connectivity index (χ0) is 15.3. The fraction of sp³-hybridized carbons (Fsp3) is 0.600. The molecule has 1 aromatic rings. The third-order valence-electron chi connectivity index (χ3n) is 3.66. The Hall–Kier alpha value is -1.27. The van der Waals surface area contributed by atoms with Gasteiger partial charge in [0, 0.05) is 5.54 Å². The lowest BCUT2D eigenvalue weighted by Gasteiger charge is -2.33. The van der Waals surface area contributed by atoms with Crippen molar-refractivity contribution in [2.24, 2.45) is 5.73 Å². The van der Waals surface area contributed by atoms with E-state index in [0.717, 1.165) is 31.2 Å². The van der Waals surface area contributed by atoms with E-state index in [1.165, 1.54) is 18.6 Å². The molecular weight excluding hydrogens is 283 g/mol. The van der Waals surface area contributed by atoms with E-state index in [0.29, 0.717) is 13.2 Å². The summed E-state index contributed by atoms with van der Waals surface area (Å²) in [5, 5.41) is 0. The lowest BCUT2D eigenvalue weighted by Crippen LogP contribution is -2.46. The highest BCUT2D eigenvalue weighted by Crippen LogP contribution is 2.26. The lowest BCUT2D eigenvalue weighted by molar-refractivity contribution is -0.274. The van der Waals surface area contributed by atoms with Crippen LogP contribution in [0.3, 0.4) is 0 Å². The Morgan fingerprint density at radius 2 is 1.67 bits per heavy atom. The van der Waals surface area contributed by atoms with Crippen LogP contribution in [0.4, 0.5) is 13.2 Å². The zero-order valence-electron chi connectivity index (χ0n) is 11.8. The largest absolute Gasteiger partial charge is 0.573 e. The van der Waals surface area contributed by atoms with E-state index in [1.807, 2.05) is 0 Å². The van der Waals surface area contributed by atoms with Crippen molar-refractivity contribution in [2.45, 2.75) is 50.6 Å². The minimum absolute atomic E-state index is 0.228. The maximum atomic E-state index is 12.0. The average molecular weight is 303 g/mol. The van der Waals surface area contributed by atoms with E-state index in [4.69, 9.17) is 10.5 Å². The van der Waals surface area contributed by atoms with Gasteiger partial charge in [-0.05, 0) is 30.5 Å². The molecule has 21 heavy (non-hydrogen) atoms. The van der Waals surface area contributed by atoms with Crippen LogP contribution >= 0.6 is 0 Å². The zero-order valence-corrected chi connectivity index (χ0v) is 11.8. The van der Waals surface area contributed by atoms with Crippen LogP contribution in [0.5, 0.6) is 5.75 Å². The molecule has 0 unspecified atom stereocenters. The highest BCUT2D eigenvalue weighted by molar-refractivity contribution is 5.27. The summed E-state index contributed by atoms with van der Waals surface area (Å²) in [5.41, 5.74) is 6.79. The molecular formula is C15H20F3NO2. The second-order valence-electron chi connectivity index (χ2n) is 5.61. The van der Waals surface area contributed by atoms with Gasteiger partial charge in [-0.3, -0.25) is 0 Å². The van der Waals surface area contributed by atoms with Gasteiger partial charge in [0.25, 0.3) is 0 Å². The van der Waals surface area contributed by atoms with Gasteiger partial charge in [-0.2, -0.15) is 0 Å². The molecule has 1 aliphatic rings. The van der Waals surface area contributed by atoms with Crippen LogP contribution in [0.25, 0.3) is 0 Å². The smallest absolute Gasteiger partial charge is 0.406 e. The number of rotatable bonds is 5. The van der Waals surface area contributed by atoms with Crippen molar-refractivity contribution in [3.63, 3.8) is 0 Å². The summed E-state index contributed by atoms with van der Waals surface area (Å²) in [6.45, 7) is 0.819. The first-order chi connectivity index (χ1) is 9.86. The molecule has 1 aliphatic carbocycles. The van der Waals surface area contributed by atoms with Crippen molar-refractivity contribution in [3.05, 3.63) is 29.8 Å². The van der Waals surface area contributed by atoms with E-state index in [9.17, 15) is 13.2 Å². The lowest BCUT2D eigenvalue weighted by atomic mass is 9.83. The number of hydrogen-bond donors (Lipinski definition) is 1. The first-order valence-corrected chi connectivity index (χ1v) is 7.08.